The average Bonchev–Trinajstić information content (AvgIpc) is 2.37. The van der Waals surface area contributed by atoms with Gasteiger partial charge in [0.05, 0.1) is 0 Å². The maximum absolute atomic E-state index is 3.99. The van der Waals surface area contributed by atoms with Crippen molar-refractivity contribution in [3.63, 3.8) is 0 Å². The molecule has 1 atom stereocenters. The molecule has 1 rings (SSSR count). The highest BCUT2D eigenvalue weighted by atomic mass is 14.9. The van der Waals surface area contributed by atoms with E-state index in [-0.39, 0.29) is 0 Å². The molecule has 82 valence electrons. The molecule has 0 spiro atoms. The second-order valence-corrected chi connectivity index (χ2v) is 5.96. The van der Waals surface area contributed by atoms with Gasteiger partial charge in [0.25, 0.3) is 0 Å². The maximum atomic E-state index is 3.99. The van der Waals surface area contributed by atoms with Crippen molar-refractivity contribution in [2.75, 3.05) is 6.54 Å². The fourth-order valence-corrected chi connectivity index (χ4v) is 2.59. The Morgan fingerprint density at radius 2 is 1.93 bits per heavy atom. The standard InChI is InChI=1S/C13H25N/c1-6-11(2)14-10-13(5)8-7-12(3,4)9-13/h14H,2,6-10H2,1,3-5H3. The number of allylic oxidation sites excluding steroid dienone is 1. The average molecular weight is 195 g/mol. The van der Waals surface area contributed by atoms with Crippen LogP contribution < -0.4 is 5.32 Å². The van der Waals surface area contributed by atoms with Crippen LogP contribution in [0.5, 0.6) is 0 Å². The Kier molecular flexibility index (Phi) is 3.28. The Labute approximate surface area is 89.0 Å². The van der Waals surface area contributed by atoms with Crippen molar-refractivity contribution in [2.24, 2.45) is 10.8 Å². The van der Waals surface area contributed by atoms with Crippen LogP contribution in [0.4, 0.5) is 0 Å². The third-order valence-electron chi connectivity index (χ3n) is 3.50. The molecule has 1 N–H and O–H groups in total. The molecule has 0 aliphatic heterocycles. The Bertz CT molecular complexity index is 217. The summed E-state index contributed by atoms with van der Waals surface area (Å²) in [6, 6.07) is 0. The van der Waals surface area contributed by atoms with Crippen LogP contribution in [0.1, 0.15) is 53.4 Å². The number of rotatable bonds is 4. The van der Waals surface area contributed by atoms with E-state index >= 15 is 0 Å². The third kappa shape index (κ3) is 3.04. The van der Waals surface area contributed by atoms with E-state index in [1.807, 2.05) is 0 Å². The van der Waals surface area contributed by atoms with E-state index < -0.39 is 0 Å². The molecule has 1 heteroatoms. The fraction of sp³-hybridized carbons (Fsp3) is 0.846. The van der Waals surface area contributed by atoms with Crippen LogP contribution in [0, 0.1) is 10.8 Å². The van der Waals surface area contributed by atoms with E-state index in [0.29, 0.717) is 10.8 Å². The van der Waals surface area contributed by atoms with Gasteiger partial charge in [-0.05, 0) is 36.5 Å². The molecule has 0 radical (unpaired) electrons. The number of nitrogens with one attached hydrogen (secondary N) is 1. The zero-order valence-corrected chi connectivity index (χ0v) is 10.2. The van der Waals surface area contributed by atoms with Crippen LogP contribution in [0.15, 0.2) is 12.3 Å². The maximum Gasteiger partial charge on any atom is 0.0197 e. The van der Waals surface area contributed by atoms with Gasteiger partial charge in [-0.2, -0.15) is 0 Å². The van der Waals surface area contributed by atoms with Gasteiger partial charge >= 0.3 is 0 Å². The summed E-state index contributed by atoms with van der Waals surface area (Å²) in [6.45, 7) is 14.4. The van der Waals surface area contributed by atoms with Crippen LogP contribution in [0.2, 0.25) is 0 Å². The van der Waals surface area contributed by atoms with Gasteiger partial charge in [0.15, 0.2) is 0 Å². The lowest BCUT2D eigenvalue weighted by Gasteiger charge is -2.27. The van der Waals surface area contributed by atoms with Crippen molar-refractivity contribution in [3.05, 3.63) is 12.3 Å². The molecular weight excluding hydrogens is 170 g/mol. The normalized spacial score (nSPS) is 30.3. The Balaban J connectivity index is 2.41. The lowest BCUT2D eigenvalue weighted by atomic mass is 9.83. The van der Waals surface area contributed by atoms with Crippen molar-refractivity contribution >= 4 is 0 Å². The molecule has 0 amide bonds. The van der Waals surface area contributed by atoms with Crippen LogP contribution in [-0.2, 0) is 0 Å². The predicted octanol–water partition coefficient (Wildman–Crippen LogP) is 3.72. The van der Waals surface area contributed by atoms with Gasteiger partial charge in [0.2, 0.25) is 0 Å². The molecule has 0 saturated heterocycles. The van der Waals surface area contributed by atoms with E-state index in [1.54, 1.807) is 0 Å². The van der Waals surface area contributed by atoms with Gasteiger partial charge in [0.1, 0.15) is 0 Å². The van der Waals surface area contributed by atoms with Crippen molar-refractivity contribution in [1.29, 1.82) is 0 Å². The first-order valence-corrected chi connectivity index (χ1v) is 5.79. The third-order valence-corrected chi connectivity index (χ3v) is 3.50. The molecule has 0 aromatic carbocycles. The summed E-state index contributed by atoms with van der Waals surface area (Å²) >= 11 is 0. The molecule has 14 heavy (non-hydrogen) atoms. The second kappa shape index (κ2) is 3.96. The zero-order valence-electron chi connectivity index (χ0n) is 10.2. The highest BCUT2D eigenvalue weighted by Gasteiger charge is 2.39. The lowest BCUT2D eigenvalue weighted by Crippen LogP contribution is -2.29. The highest BCUT2D eigenvalue weighted by molar-refractivity contribution is 4.96. The molecule has 0 heterocycles. The first-order chi connectivity index (χ1) is 6.37. The van der Waals surface area contributed by atoms with E-state index in [2.05, 4.69) is 39.6 Å². The molecular formula is C13H25N. The summed E-state index contributed by atoms with van der Waals surface area (Å²) in [5.41, 5.74) is 2.21. The minimum atomic E-state index is 0.488. The van der Waals surface area contributed by atoms with Gasteiger partial charge in [-0.15, -0.1) is 0 Å². The van der Waals surface area contributed by atoms with Crippen molar-refractivity contribution in [2.45, 2.75) is 53.4 Å². The van der Waals surface area contributed by atoms with Gasteiger partial charge in [-0.1, -0.05) is 34.3 Å². The largest absolute Gasteiger partial charge is 0.388 e. The summed E-state index contributed by atoms with van der Waals surface area (Å²) in [4.78, 5) is 0. The van der Waals surface area contributed by atoms with Gasteiger partial charge < -0.3 is 5.32 Å². The minimum absolute atomic E-state index is 0.488. The van der Waals surface area contributed by atoms with E-state index in [9.17, 15) is 0 Å². The molecule has 0 aromatic heterocycles. The van der Waals surface area contributed by atoms with E-state index in [0.717, 1.165) is 13.0 Å². The van der Waals surface area contributed by atoms with E-state index in [1.165, 1.54) is 25.0 Å². The zero-order chi connectivity index (χ0) is 10.8. The lowest BCUT2D eigenvalue weighted by molar-refractivity contribution is 0.274. The van der Waals surface area contributed by atoms with Crippen LogP contribution >= 0.6 is 0 Å². The van der Waals surface area contributed by atoms with Crippen LogP contribution in [-0.4, -0.2) is 6.54 Å². The summed E-state index contributed by atoms with van der Waals surface area (Å²) < 4.78 is 0. The quantitative estimate of drug-likeness (QED) is 0.721. The molecule has 1 fully saturated rings. The highest BCUT2D eigenvalue weighted by Crippen LogP contribution is 2.48. The number of hydrogen-bond donors (Lipinski definition) is 1. The first-order valence-electron chi connectivity index (χ1n) is 5.79. The van der Waals surface area contributed by atoms with Crippen molar-refractivity contribution in [3.8, 4) is 0 Å². The summed E-state index contributed by atoms with van der Waals surface area (Å²) in [6.07, 6.45) is 5.09. The van der Waals surface area contributed by atoms with Crippen molar-refractivity contribution < 1.29 is 0 Å². The number of hydrogen-bond acceptors (Lipinski definition) is 1. The SMILES string of the molecule is C=C(CC)NCC1(C)CCC(C)(C)C1. The molecule has 0 bridgehead atoms. The molecule has 1 nitrogen and oxygen atoms in total. The monoisotopic (exact) mass is 195 g/mol. The molecule has 1 aliphatic carbocycles. The second-order valence-electron chi connectivity index (χ2n) is 5.96. The van der Waals surface area contributed by atoms with Gasteiger partial charge in [0, 0.05) is 12.2 Å². The van der Waals surface area contributed by atoms with Crippen LogP contribution in [0.3, 0.4) is 0 Å². The Morgan fingerprint density at radius 1 is 1.29 bits per heavy atom. The molecule has 1 aliphatic rings. The minimum Gasteiger partial charge on any atom is -0.388 e. The van der Waals surface area contributed by atoms with Crippen LogP contribution in [0.25, 0.3) is 0 Å². The predicted molar refractivity (Wildman–Crippen MR) is 63.2 cm³/mol. The first kappa shape index (κ1) is 11.6. The Hall–Kier alpha value is -0.460. The smallest absolute Gasteiger partial charge is 0.0197 e. The molecule has 1 saturated carbocycles. The fourth-order valence-electron chi connectivity index (χ4n) is 2.59. The summed E-state index contributed by atoms with van der Waals surface area (Å²) in [5, 5.41) is 3.46. The topological polar surface area (TPSA) is 12.0 Å². The van der Waals surface area contributed by atoms with Crippen molar-refractivity contribution in [1.82, 2.24) is 5.32 Å². The summed E-state index contributed by atoms with van der Waals surface area (Å²) in [7, 11) is 0. The molecule has 0 aromatic rings. The van der Waals surface area contributed by atoms with Gasteiger partial charge in [-0.25, -0.2) is 0 Å². The molecule has 1 unspecified atom stereocenters. The summed E-state index contributed by atoms with van der Waals surface area (Å²) in [5.74, 6) is 0. The van der Waals surface area contributed by atoms with Gasteiger partial charge in [-0.3, -0.25) is 0 Å². The van der Waals surface area contributed by atoms with E-state index in [4.69, 9.17) is 0 Å². The Morgan fingerprint density at radius 3 is 2.36 bits per heavy atom.